The van der Waals surface area contributed by atoms with Crippen LogP contribution in [0.15, 0.2) is 42.6 Å². The number of pyridine rings is 1. The molecule has 0 radical (unpaired) electrons. The van der Waals surface area contributed by atoms with E-state index in [1.54, 1.807) is 0 Å². The van der Waals surface area contributed by atoms with Crippen LogP contribution in [0.1, 0.15) is 21.6 Å². The Bertz CT molecular complexity index is 991. The van der Waals surface area contributed by atoms with Gasteiger partial charge in [-0.1, -0.05) is 6.07 Å². The van der Waals surface area contributed by atoms with E-state index in [2.05, 4.69) is 10.3 Å². The van der Waals surface area contributed by atoms with Gasteiger partial charge in [0.05, 0.1) is 11.9 Å². The smallest absolute Gasteiger partial charge is 0.368 e. The maximum Gasteiger partial charge on any atom is 0.433 e. The number of anilines is 1. The number of rotatable bonds is 7. The lowest BCUT2D eigenvalue weighted by molar-refractivity contribution is -0.141. The van der Waals surface area contributed by atoms with Crippen LogP contribution in [0.3, 0.4) is 0 Å². The highest BCUT2D eigenvalue weighted by atomic mass is 32.2. The summed E-state index contributed by atoms with van der Waals surface area (Å²) >= 11 is 0. The standard InChI is InChI=1S/C17H17F3N4O4S/c1-29(27,28)24(10-15(21)25)13-5-3-12(4-6-13)16(26)23-9-11-2-7-14(22-8-11)17(18,19)20/h2-8H,9-10H2,1H3,(H2,21,25)(H,23,26). The molecule has 0 fully saturated rings. The van der Waals surface area contributed by atoms with Gasteiger partial charge >= 0.3 is 6.18 Å². The molecule has 0 spiro atoms. The van der Waals surface area contributed by atoms with E-state index in [4.69, 9.17) is 5.73 Å². The highest BCUT2D eigenvalue weighted by molar-refractivity contribution is 7.92. The van der Waals surface area contributed by atoms with Crippen molar-refractivity contribution < 1.29 is 31.2 Å². The summed E-state index contributed by atoms with van der Waals surface area (Å²) in [5.41, 5.74) is 4.72. The van der Waals surface area contributed by atoms with Crippen molar-refractivity contribution in [2.45, 2.75) is 12.7 Å². The third-order valence-electron chi connectivity index (χ3n) is 3.69. The molecule has 0 atom stereocenters. The lowest BCUT2D eigenvalue weighted by atomic mass is 10.2. The molecule has 1 aromatic heterocycles. The van der Waals surface area contributed by atoms with Crippen LogP contribution in [0.5, 0.6) is 0 Å². The first-order valence-electron chi connectivity index (χ1n) is 8.04. The summed E-state index contributed by atoms with van der Waals surface area (Å²) < 4.78 is 61.9. The van der Waals surface area contributed by atoms with Crippen molar-refractivity contribution in [3.63, 3.8) is 0 Å². The molecule has 0 aliphatic carbocycles. The van der Waals surface area contributed by atoms with E-state index in [0.29, 0.717) is 5.56 Å². The molecule has 156 valence electrons. The fourth-order valence-electron chi connectivity index (χ4n) is 2.30. The third-order valence-corrected chi connectivity index (χ3v) is 4.83. The van der Waals surface area contributed by atoms with Crippen LogP contribution in [-0.2, 0) is 27.5 Å². The largest absolute Gasteiger partial charge is 0.433 e. The summed E-state index contributed by atoms with van der Waals surface area (Å²) in [6, 6.07) is 7.36. The number of primary amides is 1. The molecule has 12 heteroatoms. The molecular weight excluding hydrogens is 413 g/mol. The zero-order valence-corrected chi connectivity index (χ0v) is 15.9. The number of nitrogens with two attached hydrogens (primary N) is 1. The monoisotopic (exact) mass is 430 g/mol. The molecule has 3 N–H and O–H groups in total. The Labute approximate surface area is 164 Å². The van der Waals surface area contributed by atoms with Crippen LogP contribution < -0.4 is 15.4 Å². The highest BCUT2D eigenvalue weighted by Gasteiger charge is 2.32. The third kappa shape index (κ3) is 6.17. The topological polar surface area (TPSA) is 122 Å². The van der Waals surface area contributed by atoms with Gasteiger partial charge in [-0.3, -0.25) is 18.9 Å². The number of benzene rings is 1. The maximum absolute atomic E-state index is 12.5. The summed E-state index contributed by atoms with van der Waals surface area (Å²) in [5.74, 6) is -1.38. The van der Waals surface area contributed by atoms with Crippen LogP contribution in [0, 0.1) is 0 Å². The summed E-state index contributed by atoms with van der Waals surface area (Å²) in [5, 5.41) is 2.52. The van der Waals surface area contributed by atoms with Gasteiger partial charge in [-0.15, -0.1) is 0 Å². The van der Waals surface area contributed by atoms with E-state index >= 15 is 0 Å². The Morgan fingerprint density at radius 1 is 1.14 bits per heavy atom. The molecular formula is C17H17F3N4O4S. The summed E-state index contributed by atoms with van der Waals surface area (Å²) in [6.45, 7) is -0.603. The van der Waals surface area contributed by atoms with E-state index in [0.717, 1.165) is 22.8 Å². The van der Waals surface area contributed by atoms with E-state index < -0.39 is 40.3 Å². The first-order valence-corrected chi connectivity index (χ1v) is 9.89. The van der Waals surface area contributed by atoms with Gasteiger partial charge in [0.2, 0.25) is 15.9 Å². The maximum atomic E-state index is 12.5. The molecule has 0 aliphatic rings. The van der Waals surface area contributed by atoms with Crippen molar-refractivity contribution in [3.8, 4) is 0 Å². The molecule has 0 unspecified atom stereocenters. The van der Waals surface area contributed by atoms with E-state index in [1.807, 2.05) is 0 Å². The van der Waals surface area contributed by atoms with Gasteiger partial charge in [0.1, 0.15) is 12.2 Å². The molecule has 0 aliphatic heterocycles. The molecule has 0 saturated heterocycles. The van der Waals surface area contributed by atoms with E-state index in [-0.39, 0.29) is 17.8 Å². The lowest BCUT2D eigenvalue weighted by Gasteiger charge is -2.20. The lowest BCUT2D eigenvalue weighted by Crippen LogP contribution is -2.37. The van der Waals surface area contributed by atoms with Crippen LogP contribution in [0.2, 0.25) is 0 Å². The van der Waals surface area contributed by atoms with Crippen molar-refractivity contribution in [1.82, 2.24) is 10.3 Å². The summed E-state index contributed by atoms with van der Waals surface area (Å²) in [4.78, 5) is 26.6. The summed E-state index contributed by atoms with van der Waals surface area (Å²) in [6.07, 6.45) is -2.62. The fraction of sp³-hybridized carbons (Fsp3) is 0.235. The van der Waals surface area contributed by atoms with Gasteiger partial charge in [-0.05, 0) is 35.9 Å². The first kappa shape index (κ1) is 22.1. The molecule has 29 heavy (non-hydrogen) atoms. The normalized spacial score (nSPS) is 11.7. The number of nitrogens with zero attached hydrogens (tertiary/aromatic N) is 2. The minimum absolute atomic E-state index is 0.0527. The number of nitrogens with one attached hydrogen (secondary N) is 1. The number of carbonyl (C=O) groups is 2. The Morgan fingerprint density at radius 2 is 1.76 bits per heavy atom. The number of aromatic nitrogens is 1. The second kappa shape index (κ2) is 8.47. The predicted octanol–water partition coefficient (Wildman–Crippen LogP) is 1.28. The highest BCUT2D eigenvalue weighted by Crippen LogP contribution is 2.27. The second-order valence-corrected chi connectivity index (χ2v) is 7.92. The molecule has 0 bridgehead atoms. The van der Waals surface area contributed by atoms with Crippen molar-refractivity contribution in [2.24, 2.45) is 5.73 Å². The minimum Gasteiger partial charge on any atom is -0.368 e. The minimum atomic E-state index is -4.54. The summed E-state index contributed by atoms with van der Waals surface area (Å²) in [7, 11) is -3.76. The van der Waals surface area contributed by atoms with E-state index in [1.165, 1.54) is 30.3 Å². The van der Waals surface area contributed by atoms with Crippen LogP contribution in [0.25, 0.3) is 0 Å². The predicted molar refractivity (Wildman–Crippen MR) is 98.2 cm³/mol. The zero-order valence-electron chi connectivity index (χ0n) is 15.1. The number of halogens is 3. The second-order valence-electron chi connectivity index (χ2n) is 6.01. The van der Waals surface area contributed by atoms with Gasteiger partial charge in [0.25, 0.3) is 5.91 Å². The van der Waals surface area contributed by atoms with Crippen molar-refractivity contribution in [2.75, 3.05) is 17.1 Å². The van der Waals surface area contributed by atoms with Gasteiger partial charge in [-0.25, -0.2) is 8.42 Å². The molecule has 2 rings (SSSR count). The van der Waals surface area contributed by atoms with Crippen LogP contribution in [0.4, 0.5) is 18.9 Å². The van der Waals surface area contributed by atoms with Gasteiger partial charge < -0.3 is 11.1 Å². The Balaban J connectivity index is 2.06. The van der Waals surface area contributed by atoms with Crippen molar-refractivity contribution in [1.29, 1.82) is 0 Å². The fourth-order valence-corrected chi connectivity index (χ4v) is 3.17. The Kier molecular flexibility index (Phi) is 6.47. The van der Waals surface area contributed by atoms with Crippen LogP contribution >= 0.6 is 0 Å². The van der Waals surface area contributed by atoms with Gasteiger partial charge in [0, 0.05) is 18.3 Å². The Hall–Kier alpha value is -3.15. The average molecular weight is 430 g/mol. The average Bonchev–Trinajstić information content (AvgIpc) is 2.63. The number of sulfonamides is 1. The number of alkyl halides is 3. The molecule has 8 nitrogen and oxygen atoms in total. The number of amides is 2. The molecule has 0 saturated carbocycles. The molecule has 1 heterocycles. The molecule has 2 aromatic rings. The van der Waals surface area contributed by atoms with Crippen molar-refractivity contribution in [3.05, 3.63) is 59.4 Å². The zero-order chi connectivity index (χ0) is 21.8. The SMILES string of the molecule is CS(=O)(=O)N(CC(N)=O)c1ccc(C(=O)NCc2ccc(C(F)(F)F)nc2)cc1. The molecule has 2 amide bonds. The number of carbonyl (C=O) groups excluding carboxylic acids is 2. The van der Waals surface area contributed by atoms with Crippen molar-refractivity contribution >= 4 is 27.5 Å². The quantitative estimate of drug-likeness (QED) is 0.685. The van der Waals surface area contributed by atoms with E-state index in [9.17, 15) is 31.2 Å². The van der Waals surface area contributed by atoms with Gasteiger partial charge in [-0.2, -0.15) is 13.2 Å². The van der Waals surface area contributed by atoms with Gasteiger partial charge in [0.15, 0.2) is 0 Å². The molecule has 1 aromatic carbocycles. The number of hydrogen-bond acceptors (Lipinski definition) is 5. The Morgan fingerprint density at radius 3 is 2.21 bits per heavy atom. The number of hydrogen-bond donors (Lipinski definition) is 2. The van der Waals surface area contributed by atoms with Crippen LogP contribution in [-0.4, -0.2) is 38.0 Å². The first-order chi connectivity index (χ1) is 13.4.